The van der Waals surface area contributed by atoms with Gasteiger partial charge in [0.25, 0.3) is 0 Å². The van der Waals surface area contributed by atoms with Gasteiger partial charge in [0.1, 0.15) is 5.60 Å². The Kier molecular flexibility index (Phi) is 3.36. The third-order valence-electron chi connectivity index (χ3n) is 3.13. The van der Waals surface area contributed by atoms with E-state index in [1.807, 2.05) is 31.2 Å². The summed E-state index contributed by atoms with van der Waals surface area (Å²) < 4.78 is 0. The Morgan fingerprint density at radius 1 is 1.11 bits per heavy atom. The number of aryl methyl sites for hydroxylation is 1. The second-order valence-corrected chi connectivity index (χ2v) is 4.48. The number of nitrogen functional groups attached to an aromatic ring is 1. The molecular formula is C15H17NO2. The molecule has 0 heterocycles. The van der Waals surface area contributed by atoms with E-state index in [0.717, 1.165) is 5.56 Å². The lowest BCUT2D eigenvalue weighted by atomic mass is 9.85. The Morgan fingerprint density at radius 2 is 1.78 bits per heavy atom. The normalized spacial score (nSPS) is 14.2. The number of aliphatic hydroxyl groups excluding tert-OH is 1. The lowest BCUT2D eigenvalue weighted by Gasteiger charge is -2.28. The lowest BCUT2D eigenvalue weighted by Crippen LogP contribution is -2.32. The zero-order chi connectivity index (χ0) is 13.2. The molecule has 0 aromatic heterocycles. The molecule has 0 aliphatic heterocycles. The highest BCUT2D eigenvalue weighted by atomic mass is 16.3. The SMILES string of the molecule is Cc1ccc(N)c(C(O)(CO)c2ccccc2)c1. The smallest absolute Gasteiger partial charge is 0.140 e. The maximum atomic E-state index is 10.7. The summed E-state index contributed by atoms with van der Waals surface area (Å²) in [5.41, 5.74) is 7.09. The van der Waals surface area contributed by atoms with Gasteiger partial charge in [-0.1, -0.05) is 48.0 Å². The lowest BCUT2D eigenvalue weighted by molar-refractivity contribution is 0.0178. The Hall–Kier alpha value is -1.84. The predicted octanol–water partition coefficient (Wildman–Crippen LogP) is 1.81. The molecule has 0 bridgehead atoms. The highest BCUT2D eigenvalue weighted by molar-refractivity contribution is 5.55. The van der Waals surface area contributed by atoms with Crippen LogP contribution in [0.2, 0.25) is 0 Å². The van der Waals surface area contributed by atoms with Crippen LogP contribution in [0.15, 0.2) is 48.5 Å². The minimum Gasteiger partial charge on any atom is -0.398 e. The molecule has 0 radical (unpaired) electrons. The molecule has 0 fully saturated rings. The standard InChI is InChI=1S/C15H17NO2/c1-11-7-8-14(16)13(9-11)15(18,10-17)12-5-3-2-4-6-12/h2-9,17-18H,10,16H2,1H3. The van der Waals surface area contributed by atoms with E-state index < -0.39 is 12.2 Å². The number of aliphatic hydroxyl groups is 2. The van der Waals surface area contributed by atoms with E-state index in [9.17, 15) is 10.2 Å². The van der Waals surface area contributed by atoms with Crippen LogP contribution in [-0.2, 0) is 5.60 Å². The summed E-state index contributed by atoms with van der Waals surface area (Å²) in [7, 11) is 0. The van der Waals surface area contributed by atoms with Crippen LogP contribution in [0.1, 0.15) is 16.7 Å². The molecule has 2 aromatic carbocycles. The van der Waals surface area contributed by atoms with Crippen LogP contribution < -0.4 is 5.73 Å². The summed E-state index contributed by atoms with van der Waals surface area (Å²) >= 11 is 0. The number of nitrogens with two attached hydrogens (primary N) is 1. The minimum absolute atomic E-state index is 0.412. The van der Waals surface area contributed by atoms with Crippen LogP contribution in [0.3, 0.4) is 0 Å². The number of rotatable bonds is 3. The molecule has 3 nitrogen and oxygen atoms in total. The van der Waals surface area contributed by atoms with E-state index in [1.165, 1.54) is 0 Å². The van der Waals surface area contributed by atoms with E-state index in [0.29, 0.717) is 16.8 Å². The van der Waals surface area contributed by atoms with Gasteiger partial charge in [-0.15, -0.1) is 0 Å². The van der Waals surface area contributed by atoms with Crippen LogP contribution in [0.5, 0.6) is 0 Å². The third kappa shape index (κ3) is 2.10. The van der Waals surface area contributed by atoms with Crippen LogP contribution in [0, 0.1) is 6.92 Å². The molecule has 0 aliphatic rings. The van der Waals surface area contributed by atoms with Crippen LogP contribution in [-0.4, -0.2) is 16.8 Å². The molecule has 94 valence electrons. The van der Waals surface area contributed by atoms with Gasteiger partial charge in [-0.2, -0.15) is 0 Å². The van der Waals surface area contributed by atoms with E-state index in [2.05, 4.69) is 0 Å². The van der Waals surface area contributed by atoms with Crippen molar-refractivity contribution in [3.05, 3.63) is 65.2 Å². The first-order chi connectivity index (χ1) is 8.58. The number of anilines is 1. The number of hydrogen-bond donors (Lipinski definition) is 3. The summed E-state index contributed by atoms with van der Waals surface area (Å²) in [6.45, 7) is 1.51. The van der Waals surface area contributed by atoms with Crippen molar-refractivity contribution in [1.82, 2.24) is 0 Å². The highest BCUT2D eigenvalue weighted by Gasteiger charge is 2.32. The van der Waals surface area contributed by atoms with Crippen LogP contribution >= 0.6 is 0 Å². The average molecular weight is 243 g/mol. The van der Waals surface area contributed by atoms with Gasteiger partial charge in [-0.3, -0.25) is 0 Å². The van der Waals surface area contributed by atoms with Gasteiger partial charge < -0.3 is 15.9 Å². The Morgan fingerprint density at radius 3 is 2.39 bits per heavy atom. The van der Waals surface area contributed by atoms with Gasteiger partial charge in [-0.25, -0.2) is 0 Å². The Labute approximate surface area is 107 Å². The van der Waals surface area contributed by atoms with E-state index in [1.54, 1.807) is 24.3 Å². The monoisotopic (exact) mass is 243 g/mol. The van der Waals surface area contributed by atoms with Crippen molar-refractivity contribution in [3.8, 4) is 0 Å². The van der Waals surface area contributed by atoms with E-state index in [4.69, 9.17) is 5.73 Å². The van der Waals surface area contributed by atoms with Crippen molar-refractivity contribution in [2.45, 2.75) is 12.5 Å². The Balaban J connectivity index is 2.60. The van der Waals surface area contributed by atoms with Gasteiger partial charge in [0.2, 0.25) is 0 Å². The van der Waals surface area contributed by atoms with Gasteiger partial charge in [-0.05, 0) is 18.6 Å². The van der Waals surface area contributed by atoms with Crippen molar-refractivity contribution in [2.75, 3.05) is 12.3 Å². The molecule has 0 amide bonds. The van der Waals surface area contributed by atoms with Crippen LogP contribution in [0.4, 0.5) is 5.69 Å². The first-order valence-electron chi connectivity index (χ1n) is 5.83. The quantitative estimate of drug-likeness (QED) is 0.720. The van der Waals surface area contributed by atoms with Crippen molar-refractivity contribution in [1.29, 1.82) is 0 Å². The zero-order valence-electron chi connectivity index (χ0n) is 10.3. The van der Waals surface area contributed by atoms with E-state index >= 15 is 0 Å². The van der Waals surface area contributed by atoms with Gasteiger partial charge in [0, 0.05) is 11.3 Å². The summed E-state index contributed by atoms with van der Waals surface area (Å²) in [5.74, 6) is 0. The van der Waals surface area contributed by atoms with Crippen LogP contribution in [0.25, 0.3) is 0 Å². The maximum absolute atomic E-state index is 10.7. The average Bonchev–Trinajstić information content (AvgIpc) is 2.41. The molecule has 2 rings (SSSR count). The largest absolute Gasteiger partial charge is 0.398 e. The van der Waals surface area contributed by atoms with Crippen molar-refractivity contribution in [2.24, 2.45) is 0 Å². The summed E-state index contributed by atoms with van der Waals surface area (Å²) in [6.07, 6.45) is 0. The fourth-order valence-corrected chi connectivity index (χ4v) is 2.07. The molecule has 4 N–H and O–H groups in total. The molecule has 18 heavy (non-hydrogen) atoms. The van der Waals surface area contributed by atoms with Gasteiger partial charge in [0.15, 0.2) is 0 Å². The van der Waals surface area contributed by atoms with Crippen molar-refractivity contribution >= 4 is 5.69 Å². The van der Waals surface area contributed by atoms with Crippen molar-refractivity contribution < 1.29 is 10.2 Å². The molecule has 0 aliphatic carbocycles. The molecular weight excluding hydrogens is 226 g/mol. The third-order valence-corrected chi connectivity index (χ3v) is 3.13. The van der Waals surface area contributed by atoms with Gasteiger partial charge in [0.05, 0.1) is 6.61 Å². The Bertz CT molecular complexity index is 539. The fourth-order valence-electron chi connectivity index (χ4n) is 2.07. The minimum atomic E-state index is -1.46. The molecule has 3 heteroatoms. The summed E-state index contributed by atoms with van der Waals surface area (Å²) in [6, 6.07) is 14.5. The van der Waals surface area contributed by atoms with Crippen molar-refractivity contribution in [3.63, 3.8) is 0 Å². The first-order valence-corrected chi connectivity index (χ1v) is 5.83. The molecule has 1 atom stereocenters. The van der Waals surface area contributed by atoms with Gasteiger partial charge >= 0.3 is 0 Å². The molecule has 2 aromatic rings. The molecule has 0 spiro atoms. The zero-order valence-corrected chi connectivity index (χ0v) is 10.3. The second kappa shape index (κ2) is 4.80. The molecule has 0 saturated carbocycles. The summed E-state index contributed by atoms with van der Waals surface area (Å²) in [4.78, 5) is 0. The molecule has 1 unspecified atom stereocenters. The predicted molar refractivity (Wildman–Crippen MR) is 72.1 cm³/mol. The fraction of sp³-hybridized carbons (Fsp3) is 0.200. The number of hydrogen-bond acceptors (Lipinski definition) is 3. The van der Waals surface area contributed by atoms with E-state index in [-0.39, 0.29) is 0 Å². The second-order valence-electron chi connectivity index (χ2n) is 4.48. The topological polar surface area (TPSA) is 66.5 Å². The maximum Gasteiger partial charge on any atom is 0.140 e. The highest BCUT2D eigenvalue weighted by Crippen LogP contribution is 2.33. The molecule has 0 saturated heterocycles. The summed E-state index contributed by atoms with van der Waals surface area (Å²) in [5, 5.41) is 20.3. The first kappa shape index (κ1) is 12.6. The number of benzene rings is 2.